The zero-order chi connectivity index (χ0) is 9.52. The summed E-state index contributed by atoms with van der Waals surface area (Å²) in [5, 5.41) is 2.60. The van der Waals surface area contributed by atoms with Crippen LogP contribution in [0.5, 0.6) is 0 Å². The largest absolute Gasteiger partial charge is 0.372 e. The number of anilines is 1. The third-order valence-corrected chi connectivity index (χ3v) is 1.37. The van der Waals surface area contributed by atoms with Gasteiger partial charge in [-0.15, -0.1) is 0 Å². The Hall–Kier alpha value is -1.42. The van der Waals surface area contributed by atoms with Crippen LogP contribution >= 0.6 is 0 Å². The molecule has 1 heterocycles. The summed E-state index contributed by atoms with van der Waals surface area (Å²) in [5.41, 5.74) is 0. The lowest BCUT2D eigenvalue weighted by molar-refractivity contribution is -0.120. The highest BCUT2D eigenvalue weighted by Gasteiger charge is 2.00. The first-order chi connectivity index (χ1) is 6.33. The number of rotatable bonds is 4. The van der Waals surface area contributed by atoms with Crippen molar-refractivity contribution in [3.63, 3.8) is 0 Å². The van der Waals surface area contributed by atoms with Gasteiger partial charge in [0.05, 0.1) is 0 Å². The molecule has 0 fully saturated rings. The van der Waals surface area contributed by atoms with Gasteiger partial charge in [-0.1, -0.05) is 6.07 Å². The Kier molecular flexibility index (Phi) is 3.92. The van der Waals surface area contributed by atoms with Crippen molar-refractivity contribution in [1.29, 1.82) is 0 Å². The monoisotopic (exact) mass is 180 g/mol. The quantitative estimate of drug-likeness (QED) is 0.753. The third-order valence-electron chi connectivity index (χ3n) is 1.37. The van der Waals surface area contributed by atoms with Crippen molar-refractivity contribution in [3.05, 3.63) is 24.4 Å². The highest BCUT2D eigenvalue weighted by molar-refractivity contribution is 5.90. The minimum absolute atomic E-state index is 0.0765. The number of carbonyl (C=O) groups is 1. The van der Waals surface area contributed by atoms with Crippen LogP contribution < -0.4 is 5.32 Å². The van der Waals surface area contributed by atoms with Crippen molar-refractivity contribution in [2.45, 2.75) is 6.92 Å². The number of nitrogens with zero attached hydrogens (tertiary/aromatic N) is 1. The van der Waals surface area contributed by atoms with E-state index in [-0.39, 0.29) is 12.5 Å². The predicted octanol–water partition coefficient (Wildman–Crippen LogP) is 1.06. The van der Waals surface area contributed by atoms with E-state index in [4.69, 9.17) is 4.74 Å². The van der Waals surface area contributed by atoms with E-state index in [0.29, 0.717) is 12.4 Å². The number of ether oxygens (including phenoxy) is 1. The first-order valence-corrected chi connectivity index (χ1v) is 4.11. The van der Waals surface area contributed by atoms with Gasteiger partial charge in [-0.2, -0.15) is 0 Å². The molecule has 70 valence electrons. The average molecular weight is 180 g/mol. The highest BCUT2D eigenvalue weighted by atomic mass is 16.5. The van der Waals surface area contributed by atoms with Crippen molar-refractivity contribution in [2.75, 3.05) is 18.5 Å². The molecule has 0 unspecified atom stereocenters. The molecule has 1 N–H and O–H groups in total. The zero-order valence-corrected chi connectivity index (χ0v) is 7.49. The van der Waals surface area contributed by atoms with Crippen LogP contribution in [0, 0.1) is 0 Å². The molecule has 0 bridgehead atoms. The number of hydrogen-bond acceptors (Lipinski definition) is 3. The van der Waals surface area contributed by atoms with E-state index >= 15 is 0 Å². The summed E-state index contributed by atoms with van der Waals surface area (Å²) in [6.45, 7) is 2.46. The fourth-order valence-corrected chi connectivity index (χ4v) is 0.810. The fourth-order valence-electron chi connectivity index (χ4n) is 0.810. The predicted molar refractivity (Wildman–Crippen MR) is 49.4 cm³/mol. The number of nitrogens with one attached hydrogen (secondary N) is 1. The van der Waals surface area contributed by atoms with Gasteiger partial charge in [0, 0.05) is 12.8 Å². The Morgan fingerprint density at radius 3 is 3.08 bits per heavy atom. The number of carbonyl (C=O) groups excluding carboxylic acids is 1. The molecule has 0 saturated heterocycles. The van der Waals surface area contributed by atoms with E-state index < -0.39 is 0 Å². The molecular formula is C9H12N2O2. The maximum absolute atomic E-state index is 11.1. The maximum atomic E-state index is 11.1. The summed E-state index contributed by atoms with van der Waals surface area (Å²) in [4.78, 5) is 15.0. The SMILES string of the molecule is CCOCC(=O)Nc1ccccn1. The molecule has 1 amide bonds. The molecule has 0 aliphatic carbocycles. The molecule has 0 aliphatic heterocycles. The number of pyridine rings is 1. The molecule has 1 aromatic rings. The van der Waals surface area contributed by atoms with Gasteiger partial charge in [-0.25, -0.2) is 4.98 Å². The Balaban J connectivity index is 2.37. The van der Waals surface area contributed by atoms with Gasteiger partial charge in [0.1, 0.15) is 12.4 Å². The van der Waals surface area contributed by atoms with Crippen LogP contribution in [0.1, 0.15) is 6.92 Å². The molecule has 0 radical (unpaired) electrons. The fraction of sp³-hybridized carbons (Fsp3) is 0.333. The summed E-state index contributed by atoms with van der Waals surface area (Å²) in [6.07, 6.45) is 1.62. The summed E-state index contributed by atoms with van der Waals surface area (Å²) >= 11 is 0. The normalized spacial score (nSPS) is 9.62. The van der Waals surface area contributed by atoms with Gasteiger partial charge in [-0.05, 0) is 19.1 Å². The summed E-state index contributed by atoms with van der Waals surface area (Å²) in [7, 11) is 0. The highest BCUT2D eigenvalue weighted by Crippen LogP contribution is 1.98. The molecule has 4 nitrogen and oxygen atoms in total. The zero-order valence-electron chi connectivity index (χ0n) is 7.49. The summed E-state index contributed by atoms with van der Waals surface area (Å²) < 4.78 is 4.93. The Morgan fingerprint density at radius 2 is 2.46 bits per heavy atom. The van der Waals surface area contributed by atoms with E-state index in [0.717, 1.165) is 0 Å². The van der Waals surface area contributed by atoms with Crippen molar-refractivity contribution in [1.82, 2.24) is 4.98 Å². The number of aromatic nitrogens is 1. The summed E-state index contributed by atoms with van der Waals surface area (Å²) in [6, 6.07) is 5.32. The van der Waals surface area contributed by atoms with Crippen LogP contribution in [0.25, 0.3) is 0 Å². The minimum atomic E-state index is -0.180. The molecular weight excluding hydrogens is 168 g/mol. The molecule has 0 saturated carbocycles. The molecule has 4 heteroatoms. The van der Waals surface area contributed by atoms with E-state index in [9.17, 15) is 4.79 Å². The van der Waals surface area contributed by atoms with Gasteiger partial charge in [0.25, 0.3) is 5.91 Å². The van der Waals surface area contributed by atoms with Crippen LogP contribution in [0.3, 0.4) is 0 Å². The van der Waals surface area contributed by atoms with Crippen molar-refractivity contribution in [2.24, 2.45) is 0 Å². The lowest BCUT2D eigenvalue weighted by atomic mass is 10.4. The molecule has 0 atom stereocenters. The number of amides is 1. The van der Waals surface area contributed by atoms with Crippen LogP contribution in [0.4, 0.5) is 5.82 Å². The lowest BCUT2D eigenvalue weighted by Crippen LogP contribution is -2.18. The van der Waals surface area contributed by atoms with Gasteiger partial charge in [0.2, 0.25) is 0 Å². The van der Waals surface area contributed by atoms with Crippen LogP contribution in [-0.2, 0) is 9.53 Å². The van der Waals surface area contributed by atoms with Crippen molar-refractivity contribution < 1.29 is 9.53 Å². The van der Waals surface area contributed by atoms with Gasteiger partial charge in [-0.3, -0.25) is 4.79 Å². The lowest BCUT2D eigenvalue weighted by Gasteiger charge is -2.02. The molecule has 1 aromatic heterocycles. The van der Waals surface area contributed by atoms with E-state index in [2.05, 4.69) is 10.3 Å². The molecule has 13 heavy (non-hydrogen) atoms. The van der Waals surface area contributed by atoms with Crippen LogP contribution in [0.15, 0.2) is 24.4 Å². The van der Waals surface area contributed by atoms with Crippen LogP contribution in [-0.4, -0.2) is 24.1 Å². The van der Waals surface area contributed by atoms with Gasteiger partial charge >= 0.3 is 0 Å². The van der Waals surface area contributed by atoms with Gasteiger partial charge in [0.15, 0.2) is 0 Å². The first kappa shape index (κ1) is 9.67. The summed E-state index contributed by atoms with van der Waals surface area (Å²) in [5.74, 6) is 0.368. The Labute approximate surface area is 76.9 Å². The van der Waals surface area contributed by atoms with Gasteiger partial charge < -0.3 is 10.1 Å². The molecule has 0 spiro atoms. The van der Waals surface area contributed by atoms with Crippen molar-refractivity contribution >= 4 is 11.7 Å². The maximum Gasteiger partial charge on any atom is 0.251 e. The van der Waals surface area contributed by atoms with Crippen LogP contribution in [0.2, 0.25) is 0 Å². The van der Waals surface area contributed by atoms with E-state index in [1.54, 1.807) is 18.3 Å². The van der Waals surface area contributed by atoms with Crippen molar-refractivity contribution in [3.8, 4) is 0 Å². The molecule has 1 rings (SSSR count). The first-order valence-electron chi connectivity index (χ1n) is 4.11. The second kappa shape index (κ2) is 5.27. The second-order valence-corrected chi connectivity index (χ2v) is 2.40. The molecule has 0 aliphatic rings. The Morgan fingerprint density at radius 1 is 1.62 bits per heavy atom. The number of hydrogen-bond donors (Lipinski definition) is 1. The Bertz CT molecular complexity index is 262. The topological polar surface area (TPSA) is 51.2 Å². The molecule has 0 aromatic carbocycles. The average Bonchev–Trinajstić information content (AvgIpc) is 2.16. The third kappa shape index (κ3) is 3.66. The minimum Gasteiger partial charge on any atom is -0.372 e. The second-order valence-electron chi connectivity index (χ2n) is 2.40. The van der Waals surface area contributed by atoms with E-state index in [1.807, 2.05) is 13.0 Å². The standard InChI is InChI=1S/C9H12N2O2/c1-2-13-7-9(12)11-8-5-3-4-6-10-8/h3-6H,2,7H2,1H3,(H,10,11,12). The smallest absolute Gasteiger partial charge is 0.251 e. The van der Waals surface area contributed by atoms with E-state index in [1.165, 1.54) is 0 Å².